The molecule has 0 aromatic carbocycles. The summed E-state index contributed by atoms with van der Waals surface area (Å²) in [6.07, 6.45) is 1.22. The molecule has 0 bridgehead atoms. The molecule has 0 aliphatic rings. The van der Waals surface area contributed by atoms with Gasteiger partial charge < -0.3 is 0 Å². The van der Waals surface area contributed by atoms with Crippen LogP contribution in [0.15, 0.2) is 0 Å². The highest BCUT2D eigenvalue weighted by atomic mass is 79.9. The van der Waals surface area contributed by atoms with Gasteiger partial charge in [-0.1, -0.05) is 95.6 Å². The van der Waals surface area contributed by atoms with E-state index in [1.165, 1.54) is 0 Å². The van der Waals surface area contributed by atoms with Crippen molar-refractivity contribution in [2.75, 3.05) is 16.0 Å². The Kier molecular flexibility index (Phi) is 13.2. The third-order valence-electron chi connectivity index (χ3n) is 2.44. The summed E-state index contributed by atoms with van der Waals surface area (Å²) in [5.41, 5.74) is -0.740. The number of alkyl halides is 6. The molecule has 0 aromatic heterocycles. The molecule has 114 valence electrons. The maximum Gasteiger partial charge on any atom is 0.695 e. The van der Waals surface area contributed by atoms with Crippen LogP contribution in [-0.2, 0) is 9.09 Å². The van der Waals surface area contributed by atoms with Gasteiger partial charge in [-0.3, -0.25) is 0 Å². The Labute approximate surface area is 165 Å². The molecule has 0 aliphatic heterocycles. The molecule has 0 amide bonds. The molecular weight excluding hydrogens is 666 g/mol. The normalized spacial score (nSPS) is 20.5. The lowest BCUT2D eigenvalue weighted by atomic mass is 9.90. The SMILES string of the molecule is O=[P+](O)OC(CC(Br)CBr)(CC(Br)CBr)C(Br)CBr. The molecule has 0 fully saturated rings. The zero-order valence-electron chi connectivity index (χ0n) is 9.75. The van der Waals surface area contributed by atoms with E-state index in [4.69, 9.17) is 4.52 Å². The molecule has 4 atom stereocenters. The largest absolute Gasteiger partial charge is 0.695 e. The first-order valence-corrected chi connectivity index (χ1v) is 12.5. The van der Waals surface area contributed by atoms with Crippen molar-refractivity contribution in [2.45, 2.75) is 32.9 Å². The lowest BCUT2D eigenvalue weighted by molar-refractivity contribution is 0.0544. The minimum absolute atomic E-state index is 0.0794. The molecule has 19 heavy (non-hydrogen) atoms. The summed E-state index contributed by atoms with van der Waals surface area (Å²) < 4.78 is 16.6. The Hall–Kier alpha value is 2.90. The van der Waals surface area contributed by atoms with Gasteiger partial charge in [0.05, 0.1) is 4.83 Å². The lowest BCUT2D eigenvalue weighted by Gasteiger charge is -2.34. The molecule has 0 aliphatic carbocycles. The Morgan fingerprint density at radius 1 is 1.00 bits per heavy atom. The Bertz CT molecular complexity index is 271. The van der Waals surface area contributed by atoms with Gasteiger partial charge in [-0.05, 0) is 12.8 Å². The van der Waals surface area contributed by atoms with E-state index in [1.807, 2.05) is 0 Å². The van der Waals surface area contributed by atoms with Crippen molar-refractivity contribution < 1.29 is 14.0 Å². The van der Waals surface area contributed by atoms with Gasteiger partial charge in [0.15, 0.2) is 0 Å². The first-order valence-electron chi connectivity index (χ1n) is 5.26. The number of halogens is 6. The van der Waals surface area contributed by atoms with E-state index >= 15 is 0 Å². The summed E-state index contributed by atoms with van der Waals surface area (Å²) in [5, 5.41) is 2.10. The number of hydrogen-bond acceptors (Lipinski definition) is 2. The van der Waals surface area contributed by atoms with Crippen LogP contribution in [0.2, 0.25) is 0 Å². The van der Waals surface area contributed by atoms with Crippen LogP contribution in [0.1, 0.15) is 12.8 Å². The molecule has 0 radical (unpaired) electrons. The van der Waals surface area contributed by atoms with Crippen LogP contribution >= 0.6 is 104 Å². The van der Waals surface area contributed by atoms with Gasteiger partial charge in [0.1, 0.15) is 5.60 Å². The maximum atomic E-state index is 11.2. The lowest BCUT2D eigenvalue weighted by Crippen LogP contribution is -2.45. The molecule has 1 N–H and O–H groups in total. The molecule has 0 heterocycles. The molecule has 10 heteroatoms. The summed E-state index contributed by atoms with van der Waals surface area (Å²) in [7, 11) is -2.67. The van der Waals surface area contributed by atoms with Gasteiger partial charge >= 0.3 is 8.25 Å². The van der Waals surface area contributed by atoms with Gasteiger partial charge in [0, 0.05) is 30.2 Å². The van der Waals surface area contributed by atoms with E-state index in [0.29, 0.717) is 18.2 Å². The zero-order valence-corrected chi connectivity index (χ0v) is 20.2. The second kappa shape index (κ2) is 11.4. The molecule has 4 unspecified atom stereocenters. The fourth-order valence-corrected chi connectivity index (χ4v) is 4.97. The fourth-order valence-electron chi connectivity index (χ4n) is 1.63. The Balaban J connectivity index is 5.23. The highest BCUT2D eigenvalue weighted by Crippen LogP contribution is 2.42. The smallest absolute Gasteiger partial charge is 0.133 e. The van der Waals surface area contributed by atoms with Gasteiger partial charge in [-0.25, -0.2) is 0 Å². The molecule has 0 rings (SSSR count). The van der Waals surface area contributed by atoms with Crippen molar-refractivity contribution in [2.24, 2.45) is 0 Å². The van der Waals surface area contributed by atoms with E-state index in [2.05, 4.69) is 95.6 Å². The zero-order chi connectivity index (χ0) is 15.1. The second-order valence-corrected chi connectivity index (χ2v) is 10.2. The van der Waals surface area contributed by atoms with E-state index < -0.39 is 13.9 Å². The van der Waals surface area contributed by atoms with Crippen LogP contribution in [0.5, 0.6) is 0 Å². The Morgan fingerprint density at radius 2 is 1.42 bits per heavy atom. The molecule has 0 saturated heterocycles. The predicted octanol–water partition coefficient (Wildman–Crippen LogP) is 5.65. The van der Waals surface area contributed by atoms with Crippen LogP contribution < -0.4 is 0 Å². The molecule has 3 nitrogen and oxygen atoms in total. The van der Waals surface area contributed by atoms with Crippen molar-refractivity contribution in [3.8, 4) is 0 Å². The van der Waals surface area contributed by atoms with E-state index in [0.717, 1.165) is 10.7 Å². The van der Waals surface area contributed by atoms with Gasteiger partial charge in [-0.15, -0.1) is 9.42 Å². The summed E-state index contributed by atoms with van der Waals surface area (Å²) in [4.78, 5) is 9.42. The van der Waals surface area contributed by atoms with Crippen molar-refractivity contribution in [1.82, 2.24) is 0 Å². The van der Waals surface area contributed by atoms with Crippen molar-refractivity contribution in [3.63, 3.8) is 0 Å². The Morgan fingerprint density at radius 3 is 1.68 bits per heavy atom. The molecule has 0 spiro atoms. The second-order valence-electron chi connectivity index (χ2n) is 3.93. The average molecular weight is 681 g/mol. The molecule has 0 saturated carbocycles. The minimum Gasteiger partial charge on any atom is -0.133 e. The highest BCUT2D eigenvalue weighted by molar-refractivity contribution is 9.12. The summed E-state index contributed by atoms with van der Waals surface area (Å²) in [6.45, 7) is 0. The third-order valence-corrected chi connectivity index (χ3v) is 10.2. The number of rotatable bonds is 10. The molecular formula is C9H14Br6O3P+. The van der Waals surface area contributed by atoms with Gasteiger partial charge in [0.2, 0.25) is 0 Å². The summed E-state index contributed by atoms with van der Waals surface area (Å²) in [5.74, 6) is 0. The van der Waals surface area contributed by atoms with Crippen LogP contribution in [0, 0.1) is 0 Å². The van der Waals surface area contributed by atoms with Crippen LogP contribution in [0.4, 0.5) is 0 Å². The van der Waals surface area contributed by atoms with Crippen molar-refractivity contribution >= 4 is 104 Å². The van der Waals surface area contributed by atoms with Crippen molar-refractivity contribution in [3.05, 3.63) is 0 Å². The number of hydrogen-bond donors (Lipinski definition) is 1. The standard InChI is InChI=1S/C9H13Br6O3P/c10-3-6(13)1-9(8(15)5-12,18-19(16)17)2-7(14)4-11/h6-8H,1-5H2/p+1. The first kappa shape index (κ1) is 21.9. The van der Waals surface area contributed by atoms with E-state index in [-0.39, 0.29) is 14.5 Å². The van der Waals surface area contributed by atoms with Crippen LogP contribution in [0.3, 0.4) is 0 Å². The fraction of sp³-hybridized carbons (Fsp3) is 1.00. The minimum atomic E-state index is -2.67. The maximum absolute atomic E-state index is 11.2. The third kappa shape index (κ3) is 8.35. The quantitative estimate of drug-likeness (QED) is 0.240. The van der Waals surface area contributed by atoms with Gasteiger partial charge in [-0.2, -0.15) is 0 Å². The van der Waals surface area contributed by atoms with E-state index in [1.54, 1.807) is 0 Å². The average Bonchev–Trinajstić information content (AvgIpc) is 2.36. The van der Waals surface area contributed by atoms with Crippen molar-refractivity contribution in [1.29, 1.82) is 0 Å². The summed E-state index contributed by atoms with van der Waals surface area (Å²) >= 11 is 20.9. The van der Waals surface area contributed by atoms with Crippen LogP contribution in [0.25, 0.3) is 0 Å². The first-order chi connectivity index (χ1) is 8.81. The van der Waals surface area contributed by atoms with Gasteiger partial charge in [0.25, 0.3) is 0 Å². The topological polar surface area (TPSA) is 46.5 Å². The summed E-state index contributed by atoms with van der Waals surface area (Å²) in [6, 6.07) is 0. The monoisotopic (exact) mass is 675 g/mol. The molecule has 0 aromatic rings. The van der Waals surface area contributed by atoms with E-state index in [9.17, 15) is 9.46 Å². The predicted molar refractivity (Wildman–Crippen MR) is 102 cm³/mol. The highest BCUT2D eigenvalue weighted by Gasteiger charge is 2.48. The van der Waals surface area contributed by atoms with Crippen LogP contribution in [-0.4, -0.2) is 41.0 Å².